The Kier molecular flexibility index (Phi) is 5.10. The molecule has 4 rings (SSSR count). The molecule has 2 amide bonds. The molecule has 0 bridgehead atoms. The van der Waals surface area contributed by atoms with Crippen molar-refractivity contribution in [3.63, 3.8) is 0 Å². The number of aromatic nitrogens is 1. The fraction of sp³-hybridized carbons (Fsp3) is 0.273. The SMILES string of the molecule is Cc1cc(N2CCCCC2)nc2ccc(NC(=O)Nc3ccccc3F)cc12. The zero-order chi connectivity index (χ0) is 19.5. The first kappa shape index (κ1) is 18.2. The number of nitrogens with one attached hydrogen (secondary N) is 2. The van der Waals surface area contributed by atoms with Gasteiger partial charge in [0, 0.05) is 24.2 Å². The van der Waals surface area contributed by atoms with E-state index in [1.165, 1.54) is 31.4 Å². The topological polar surface area (TPSA) is 57.3 Å². The summed E-state index contributed by atoms with van der Waals surface area (Å²) in [6.07, 6.45) is 3.70. The molecule has 0 atom stereocenters. The normalized spacial score (nSPS) is 14.1. The molecule has 1 fully saturated rings. The van der Waals surface area contributed by atoms with Gasteiger partial charge in [-0.2, -0.15) is 0 Å². The number of carbonyl (C=O) groups excluding carboxylic acids is 1. The molecule has 2 N–H and O–H groups in total. The van der Waals surface area contributed by atoms with Crippen LogP contribution in [0.4, 0.5) is 26.4 Å². The van der Waals surface area contributed by atoms with E-state index in [1.54, 1.807) is 12.1 Å². The Morgan fingerprint density at radius 1 is 1.04 bits per heavy atom. The summed E-state index contributed by atoms with van der Waals surface area (Å²) in [5.41, 5.74) is 2.80. The lowest BCUT2D eigenvalue weighted by Crippen LogP contribution is -2.30. The third kappa shape index (κ3) is 3.91. The average Bonchev–Trinajstić information content (AvgIpc) is 2.71. The predicted octanol–water partition coefficient (Wildman–Crippen LogP) is 5.32. The number of hydrogen-bond acceptors (Lipinski definition) is 3. The van der Waals surface area contributed by atoms with Gasteiger partial charge in [-0.1, -0.05) is 12.1 Å². The number of carbonyl (C=O) groups is 1. The number of aryl methyl sites for hydroxylation is 1. The van der Waals surface area contributed by atoms with Crippen LogP contribution in [0.2, 0.25) is 0 Å². The molecule has 1 aliphatic rings. The second kappa shape index (κ2) is 7.84. The molecular weight excluding hydrogens is 355 g/mol. The van der Waals surface area contributed by atoms with E-state index in [0.717, 1.165) is 35.4 Å². The number of para-hydroxylation sites is 1. The quantitative estimate of drug-likeness (QED) is 0.649. The van der Waals surface area contributed by atoms with Crippen LogP contribution in [-0.2, 0) is 0 Å². The summed E-state index contributed by atoms with van der Waals surface area (Å²) in [5.74, 6) is 0.546. The first-order valence-electron chi connectivity index (χ1n) is 9.59. The standard InChI is InChI=1S/C22H23FN4O/c1-15-13-21(27-11-5-2-6-12-27)25-19-10-9-16(14-17(15)19)24-22(28)26-20-8-4-3-7-18(20)23/h3-4,7-10,13-14H,2,5-6,11-12H2,1H3,(H2,24,26,28). The number of hydrogen-bond donors (Lipinski definition) is 2. The molecule has 28 heavy (non-hydrogen) atoms. The van der Waals surface area contributed by atoms with Crippen LogP contribution in [0.5, 0.6) is 0 Å². The summed E-state index contributed by atoms with van der Waals surface area (Å²) in [7, 11) is 0. The van der Waals surface area contributed by atoms with Crippen LogP contribution in [0.1, 0.15) is 24.8 Å². The highest BCUT2D eigenvalue weighted by Crippen LogP contribution is 2.27. The van der Waals surface area contributed by atoms with Gasteiger partial charge in [-0.15, -0.1) is 0 Å². The van der Waals surface area contributed by atoms with Crippen molar-refractivity contribution in [3.8, 4) is 0 Å². The van der Waals surface area contributed by atoms with Gasteiger partial charge in [0.05, 0.1) is 11.2 Å². The second-order valence-corrected chi connectivity index (χ2v) is 7.14. The van der Waals surface area contributed by atoms with Gasteiger partial charge in [-0.05, 0) is 68.1 Å². The number of anilines is 3. The summed E-state index contributed by atoms with van der Waals surface area (Å²) in [5, 5.41) is 6.28. The third-order valence-corrected chi connectivity index (χ3v) is 5.06. The molecule has 0 spiro atoms. The first-order valence-corrected chi connectivity index (χ1v) is 9.59. The number of pyridine rings is 1. The first-order chi connectivity index (χ1) is 13.6. The maximum Gasteiger partial charge on any atom is 0.323 e. The summed E-state index contributed by atoms with van der Waals surface area (Å²) >= 11 is 0. The minimum Gasteiger partial charge on any atom is -0.357 e. The van der Waals surface area contributed by atoms with E-state index in [9.17, 15) is 9.18 Å². The molecule has 1 aliphatic heterocycles. The van der Waals surface area contributed by atoms with E-state index >= 15 is 0 Å². The predicted molar refractivity (Wildman–Crippen MR) is 112 cm³/mol. The molecule has 0 unspecified atom stereocenters. The van der Waals surface area contributed by atoms with Crippen LogP contribution in [0.3, 0.4) is 0 Å². The van der Waals surface area contributed by atoms with Crippen LogP contribution < -0.4 is 15.5 Å². The fourth-order valence-corrected chi connectivity index (χ4v) is 3.59. The fourth-order valence-electron chi connectivity index (χ4n) is 3.59. The highest BCUT2D eigenvalue weighted by molar-refractivity contribution is 6.01. The smallest absolute Gasteiger partial charge is 0.323 e. The van der Waals surface area contributed by atoms with Gasteiger partial charge in [0.1, 0.15) is 11.6 Å². The van der Waals surface area contributed by atoms with Gasteiger partial charge < -0.3 is 15.5 Å². The van der Waals surface area contributed by atoms with Crippen molar-refractivity contribution in [1.82, 2.24) is 4.98 Å². The number of benzene rings is 2. The van der Waals surface area contributed by atoms with Crippen molar-refractivity contribution in [2.75, 3.05) is 28.6 Å². The Morgan fingerprint density at radius 3 is 2.61 bits per heavy atom. The van der Waals surface area contributed by atoms with E-state index in [4.69, 9.17) is 4.98 Å². The summed E-state index contributed by atoms with van der Waals surface area (Å²) in [6.45, 7) is 4.16. The van der Waals surface area contributed by atoms with Crippen molar-refractivity contribution in [1.29, 1.82) is 0 Å². The summed E-state index contributed by atoms with van der Waals surface area (Å²) in [6, 6.07) is 13.3. The van der Waals surface area contributed by atoms with Gasteiger partial charge in [0.2, 0.25) is 0 Å². The van der Waals surface area contributed by atoms with Gasteiger partial charge in [-0.3, -0.25) is 0 Å². The van der Waals surface area contributed by atoms with Crippen molar-refractivity contribution in [3.05, 3.63) is 59.9 Å². The van der Waals surface area contributed by atoms with Crippen molar-refractivity contribution < 1.29 is 9.18 Å². The molecule has 1 saturated heterocycles. The maximum atomic E-state index is 13.7. The van der Waals surface area contributed by atoms with Crippen LogP contribution in [0, 0.1) is 12.7 Å². The maximum absolute atomic E-state index is 13.7. The van der Waals surface area contributed by atoms with Gasteiger partial charge in [0.25, 0.3) is 0 Å². The van der Waals surface area contributed by atoms with E-state index in [1.807, 2.05) is 18.2 Å². The van der Waals surface area contributed by atoms with E-state index in [0.29, 0.717) is 5.69 Å². The highest BCUT2D eigenvalue weighted by Gasteiger charge is 2.14. The Bertz CT molecular complexity index is 1010. The monoisotopic (exact) mass is 378 g/mol. The molecule has 144 valence electrons. The minimum absolute atomic E-state index is 0.143. The Labute approximate surface area is 163 Å². The van der Waals surface area contributed by atoms with Crippen LogP contribution in [0.25, 0.3) is 10.9 Å². The minimum atomic E-state index is -0.486. The number of piperidine rings is 1. The molecule has 0 radical (unpaired) electrons. The second-order valence-electron chi connectivity index (χ2n) is 7.14. The van der Waals surface area contributed by atoms with E-state index < -0.39 is 11.8 Å². The largest absolute Gasteiger partial charge is 0.357 e. The number of amides is 2. The zero-order valence-electron chi connectivity index (χ0n) is 15.8. The van der Waals surface area contributed by atoms with Gasteiger partial charge >= 0.3 is 6.03 Å². The molecule has 3 aromatic rings. The Hall–Kier alpha value is -3.15. The summed E-state index contributed by atoms with van der Waals surface area (Å²) < 4.78 is 13.7. The van der Waals surface area contributed by atoms with Gasteiger partial charge in [0.15, 0.2) is 0 Å². The number of nitrogens with zero attached hydrogens (tertiary/aromatic N) is 2. The van der Waals surface area contributed by atoms with Crippen LogP contribution in [0.15, 0.2) is 48.5 Å². The molecule has 0 aliphatic carbocycles. The molecule has 0 saturated carbocycles. The molecular formula is C22H23FN4O. The molecule has 5 nitrogen and oxygen atoms in total. The van der Waals surface area contributed by atoms with Crippen LogP contribution in [-0.4, -0.2) is 24.1 Å². The molecule has 6 heteroatoms. The lowest BCUT2D eigenvalue weighted by Gasteiger charge is -2.28. The number of rotatable bonds is 3. The number of fused-ring (bicyclic) bond motifs is 1. The Balaban J connectivity index is 1.53. The lowest BCUT2D eigenvalue weighted by atomic mass is 10.1. The molecule has 2 aromatic carbocycles. The molecule has 2 heterocycles. The van der Waals surface area contributed by atoms with E-state index in [2.05, 4.69) is 28.5 Å². The van der Waals surface area contributed by atoms with E-state index in [-0.39, 0.29) is 5.69 Å². The van der Waals surface area contributed by atoms with Crippen molar-refractivity contribution >= 4 is 34.1 Å². The van der Waals surface area contributed by atoms with Crippen LogP contribution >= 0.6 is 0 Å². The highest BCUT2D eigenvalue weighted by atomic mass is 19.1. The molecule has 1 aromatic heterocycles. The third-order valence-electron chi connectivity index (χ3n) is 5.06. The van der Waals surface area contributed by atoms with Gasteiger partial charge in [-0.25, -0.2) is 14.2 Å². The number of halogens is 1. The van der Waals surface area contributed by atoms with Crippen molar-refractivity contribution in [2.24, 2.45) is 0 Å². The Morgan fingerprint density at radius 2 is 1.82 bits per heavy atom. The zero-order valence-corrected chi connectivity index (χ0v) is 15.8. The lowest BCUT2D eigenvalue weighted by molar-refractivity contribution is 0.262. The van der Waals surface area contributed by atoms with Crippen molar-refractivity contribution in [2.45, 2.75) is 26.2 Å². The number of urea groups is 1. The average molecular weight is 378 g/mol. The summed E-state index contributed by atoms with van der Waals surface area (Å²) in [4.78, 5) is 19.3.